The van der Waals surface area contributed by atoms with E-state index in [1.54, 1.807) is 6.07 Å². The van der Waals surface area contributed by atoms with E-state index in [1.807, 2.05) is 55.5 Å². The van der Waals surface area contributed by atoms with Gasteiger partial charge in [0.25, 0.3) is 5.91 Å². The summed E-state index contributed by atoms with van der Waals surface area (Å²) in [5.74, 6) is -0.835. The van der Waals surface area contributed by atoms with Crippen molar-refractivity contribution >= 4 is 39.7 Å². The van der Waals surface area contributed by atoms with E-state index in [9.17, 15) is 9.59 Å². The largest absolute Gasteiger partial charge is 0.451 e. The first-order valence-corrected chi connectivity index (χ1v) is 7.96. The zero-order valence-electron chi connectivity index (χ0n) is 12.5. The fourth-order valence-corrected chi connectivity index (χ4v) is 2.97. The zero-order valence-corrected chi connectivity index (χ0v) is 13.4. The van der Waals surface area contributed by atoms with Gasteiger partial charge >= 0.3 is 5.97 Å². The second kappa shape index (κ2) is 6.62. The van der Waals surface area contributed by atoms with E-state index in [4.69, 9.17) is 4.74 Å². The number of thiophene rings is 1. The monoisotopic (exact) mass is 325 g/mol. The van der Waals surface area contributed by atoms with E-state index >= 15 is 0 Å². The van der Waals surface area contributed by atoms with Crippen molar-refractivity contribution in [1.29, 1.82) is 0 Å². The number of benzene rings is 2. The molecule has 4 nitrogen and oxygen atoms in total. The van der Waals surface area contributed by atoms with Crippen molar-refractivity contribution in [3.8, 4) is 0 Å². The summed E-state index contributed by atoms with van der Waals surface area (Å²) in [7, 11) is 0. The van der Waals surface area contributed by atoms with Crippen molar-refractivity contribution in [2.24, 2.45) is 0 Å². The number of ether oxygens (including phenoxy) is 1. The van der Waals surface area contributed by atoms with Gasteiger partial charge in [-0.2, -0.15) is 0 Å². The van der Waals surface area contributed by atoms with Gasteiger partial charge in [-0.25, -0.2) is 4.79 Å². The molecule has 0 saturated heterocycles. The SMILES string of the molecule is Cc1ccc(C(=O)OCC(=O)Nc2ccc3ccccc3c2)s1. The van der Waals surface area contributed by atoms with E-state index < -0.39 is 5.97 Å². The summed E-state index contributed by atoms with van der Waals surface area (Å²) >= 11 is 1.35. The highest BCUT2D eigenvalue weighted by molar-refractivity contribution is 7.13. The van der Waals surface area contributed by atoms with E-state index in [0.29, 0.717) is 10.6 Å². The minimum Gasteiger partial charge on any atom is -0.451 e. The fourth-order valence-electron chi connectivity index (χ4n) is 2.21. The number of aryl methyl sites for hydroxylation is 1. The van der Waals surface area contributed by atoms with E-state index in [2.05, 4.69) is 5.32 Å². The molecule has 1 amide bonds. The van der Waals surface area contributed by atoms with Crippen LogP contribution >= 0.6 is 11.3 Å². The molecule has 0 atom stereocenters. The topological polar surface area (TPSA) is 55.4 Å². The number of amides is 1. The Morgan fingerprint density at radius 2 is 1.83 bits per heavy atom. The molecule has 1 aromatic heterocycles. The van der Waals surface area contributed by atoms with Crippen LogP contribution in [0.25, 0.3) is 10.8 Å². The summed E-state index contributed by atoms with van der Waals surface area (Å²) in [4.78, 5) is 25.2. The van der Waals surface area contributed by atoms with Crippen LogP contribution in [0.3, 0.4) is 0 Å². The highest BCUT2D eigenvalue weighted by atomic mass is 32.1. The Kier molecular flexibility index (Phi) is 4.39. The maximum absolute atomic E-state index is 11.9. The Morgan fingerprint density at radius 3 is 2.57 bits per heavy atom. The normalized spacial score (nSPS) is 10.5. The van der Waals surface area contributed by atoms with Crippen LogP contribution in [0, 0.1) is 6.92 Å². The molecule has 0 unspecified atom stereocenters. The molecule has 23 heavy (non-hydrogen) atoms. The minimum atomic E-state index is -0.475. The van der Waals surface area contributed by atoms with Crippen LogP contribution in [-0.4, -0.2) is 18.5 Å². The van der Waals surface area contributed by atoms with Crippen molar-refractivity contribution in [2.45, 2.75) is 6.92 Å². The predicted octanol–water partition coefficient (Wildman–Crippen LogP) is 4.01. The van der Waals surface area contributed by atoms with Crippen LogP contribution in [0.5, 0.6) is 0 Å². The molecule has 3 rings (SSSR count). The van der Waals surface area contributed by atoms with Crippen LogP contribution in [0.4, 0.5) is 5.69 Å². The van der Waals surface area contributed by atoms with Crippen molar-refractivity contribution in [2.75, 3.05) is 11.9 Å². The Bertz CT molecular complexity index is 869. The molecule has 1 heterocycles. The van der Waals surface area contributed by atoms with Crippen LogP contribution in [-0.2, 0) is 9.53 Å². The lowest BCUT2D eigenvalue weighted by atomic mass is 10.1. The smallest absolute Gasteiger partial charge is 0.348 e. The van der Waals surface area contributed by atoms with Gasteiger partial charge in [-0.1, -0.05) is 30.3 Å². The highest BCUT2D eigenvalue weighted by Gasteiger charge is 2.12. The molecule has 0 aliphatic carbocycles. The molecule has 116 valence electrons. The van der Waals surface area contributed by atoms with Gasteiger partial charge < -0.3 is 10.1 Å². The molecule has 1 N–H and O–H groups in total. The third kappa shape index (κ3) is 3.76. The molecular formula is C18H15NO3S. The Hall–Kier alpha value is -2.66. The Morgan fingerprint density at radius 1 is 1.04 bits per heavy atom. The van der Waals surface area contributed by atoms with Crippen molar-refractivity contribution < 1.29 is 14.3 Å². The third-order valence-electron chi connectivity index (χ3n) is 3.31. The first kappa shape index (κ1) is 15.2. The van der Waals surface area contributed by atoms with Gasteiger partial charge in [0.05, 0.1) is 0 Å². The van der Waals surface area contributed by atoms with Gasteiger partial charge in [0.2, 0.25) is 0 Å². The van der Waals surface area contributed by atoms with E-state index in [-0.39, 0.29) is 12.5 Å². The number of carbonyl (C=O) groups excluding carboxylic acids is 2. The van der Waals surface area contributed by atoms with Gasteiger partial charge in [-0.3, -0.25) is 4.79 Å². The molecule has 0 aliphatic heterocycles. The van der Waals surface area contributed by atoms with Gasteiger partial charge in [-0.05, 0) is 42.0 Å². The first-order valence-electron chi connectivity index (χ1n) is 7.14. The number of rotatable bonds is 4. The van der Waals surface area contributed by atoms with E-state index in [1.165, 1.54) is 11.3 Å². The molecule has 0 bridgehead atoms. The molecule has 5 heteroatoms. The molecule has 0 fully saturated rings. The van der Waals surface area contributed by atoms with Gasteiger partial charge in [0, 0.05) is 10.6 Å². The average Bonchev–Trinajstić information content (AvgIpc) is 2.99. The number of esters is 1. The van der Waals surface area contributed by atoms with Crippen LogP contribution < -0.4 is 5.32 Å². The quantitative estimate of drug-likeness (QED) is 0.738. The average molecular weight is 325 g/mol. The fraction of sp³-hybridized carbons (Fsp3) is 0.111. The molecule has 0 aliphatic rings. The van der Waals surface area contributed by atoms with Crippen molar-refractivity contribution in [1.82, 2.24) is 0 Å². The van der Waals surface area contributed by atoms with Gasteiger partial charge in [0.1, 0.15) is 4.88 Å². The van der Waals surface area contributed by atoms with Crippen LogP contribution in [0.1, 0.15) is 14.5 Å². The number of carbonyl (C=O) groups is 2. The molecule has 0 saturated carbocycles. The number of fused-ring (bicyclic) bond motifs is 1. The summed E-state index contributed by atoms with van der Waals surface area (Å²) in [5.41, 5.74) is 0.678. The summed E-state index contributed by atoms with van der Waals surface area (Å²) in [6.07, 6.45) is 0. The third-order valence-corrected chi connectivity index (χ3v) is 4.29. The Labute approximate surface area is 137 Å². The standard InChI is InChI=1S/C18H15NO3S/c1-12-6-9-16(23-12)18(21)22-11-17(20)19-15-8-7-13-4-2-3-5-14(13)10-15/h2-10H,11H2,1H3,(H,19,20). The molecular weight excluding hydrogens is 310 g/mol. The summed E-state index contributed by atoms with van der Waals surface area (Å²) < 4.78 is 5.02. The lowest BCUT2D eigenvalue weighted by Gasteiger charge is -2.07. The summed E-state index contributed by atoms with van der Waals surface area (Å²) in [6, 6.07) is 17.1. The molecule has 0 spiro atoms. The number of anilines is 1. The first-order chi connectivity index (χ1) is 11.1. The minimum absolute atomic E-state index is 0.303. The van der Waals surface area contributed by atoms with E-state index in [0.717, 1.165) is 15.6 Å². The zero-order chi connectivity index (χ0) is 16.2. The Balaban J connectivity index is 1.59. The lowest BCUT2D eigenvalue weighted by Crippen LogP contribution is -2.20. The molecule has 3 aromatic rings. The maximum atomic E-state index is 11.9. The van der Waals surface area contributed by atoms with Crippen molar-refractivity contribution in [3.05, 3.63) is 64.4 Å². The number of hydrogen-bond acceptors (Lipinski definition) is 4. The maximum Gasteiger partial charge on any atom is 0.348 e. The number of nitrogens with one attached hydrogen (secondary N) is 1. The number of hydrogen-bond donors (Lipinski definition) is 1. The van der Waals surface area contributed by atoms with Crippen molar-refractivity contribution in [3.63, 3.8) is 0 Å². The summed E-state index contributed by atoms with van der Waals surface area (Å²) in [6.45, 7) is 1.61. The molecule has 2 aromatic carbocycles. The van der Waals surface area contributed by atoms with Crippen LogP contribution in [0.15, 0.2) is 54.6 Å². The lowest BCUT2D eigenvalue weighted by molar-refractivity contribution is -0.119. The second-order valence-corrected chi connectivity index (χ2v) is 6.38. The highest BCUT2D eigenvalue weighted by Crippen LogP contribution is 2.19. The van der Waals surface area contributed by atoms with Gasteiger partial charge in [0.15, 0.2) is 6.61 Å². The predicted molar refractivity (Wildman–Crippen MR) is 91.9 cm³/mol. The second-order valence-electron chi connectivity index (χ2n) is 5.10. The van der Waals surface area contributed by atoms with Crippen LogP contribution in [0.2, 0.25) is 0 Å². The summed E-state index contributed by atoms with van der Waals surface area (Å²) in [5, 5.41) is 4.87. The van der Waals surface area contributed by atoms with Gasteiger partial charge in [-0.15, -0.1) is 11.3 Å². The molecule has 0 radical (unpaired) electrons.